The molecule has 2 aliphatic rings. The van der Waals surface area contributed by atoms with Gasteiger partial charge >= 0.3 is 12.2 Å². The number of nitrogens with one attached hydrogen (secondary N) is 4. The van der Waals surface area contributed by atoms with Crippen LogP contribution in [-0.4, -0.2) is 23.1 Å². The molecule has 4 N–H and O–H groups in total. The van der Waals surface area contributed by atoms with E-state index in [4.69, 9.17) is 0 Å². The normalized spacial score (nSPS) is 18.1. The quantitative estimate of drug-likeness (QED) is 0.426. The average Bonchev–Trinajstić information content (AvgIpc) is 3.26. The minimum Gasteiger partial charge on any atom is -0.362 e. The van der Waals surface area contributed by atoms with Crippen molar-refractivity contribution in [2.75, 3.05) is 0 Å². The summed E-state index contributed by atoms with van der Waals surface area (Å²) in [5.74, 6) is -0.373. The van der Waals surface area contributed by atoms with E-state index in [0.29, 0.717) is 5.70 Å². The average molecular weight is 486 g/mol. The molecule has 3 heterocycles. The van der Waals surface area contributed by atoms with Gasteiger partial charge in [-0.1, -0.05) is 18.2 Å². The van der Waals surface area contributed by atoms with E-state index in [1.165, 1.54) is 42.7 Å². The third-order valence-corrected chi connectivity index (χ3v) is 5.74. The molecule has 35 heavy (non-hydrogen) atoms. The fraction of sp³-hybridized carbons (Fsp3) is 0.174. The molecule has 2 unspecified atom stereocenters. The number of urea groups is 1. The van der Waals surface area contributed by atoms with Crippen molar-refractivity contribution in [3.63, 3.8) is 0 Å². The lowest BCUT2D eigenvalue weighted by Gasteiger charge is -2.28. The Labute approximate surface area is 195 Å². The molecule has 0 saturated heterocycles. The van der Waals surface area contributed by atoms with Gasteiger partial charge in [0.1, 0.15) is 17.3 Å². The minimum atomic E-state index is -4.77. The van der Waals surface area contributed by atoms with Crippen LogP contribution in [0.5, 0.6) is 0 Å². The second-order valence-corrected chi connectivity index (χ2v) is 8.04. The largest absolute Gasteiger partial charge is 0.417 e. The van der Waals surface area contributed by atoms with E-state index < -0.39 is 46.7 Å². The SMILES string of the molecule is CC(NC1=C2NC=NC2NC(=O)N1)c1cc2cccc(C(F)(F)F)c2c(=O)n1-c1cccc(F)c1. The number of halogens is 4. The molecule has 180 valence electrons. The molecule has 0 spiro atoms. The van der Waals surface area contributed by atoms with Crippen molar-refractivity contribution in [3.05, 3.63) is 87.5 Å². The van der Waals surface area contributed by atoms with Crippen molar-refractivity contribution in [3.8, 4) is 5.69 Å². The Morgan fingerprint density at radius 2 is 1.89 bits per heavy atom. The highest BCUT2D eigenvalue weighted by Crippen LogP contribution is 2.34. The molecular formula is C23H18F4N6O2. The zero-order chi connectivity index (χ0) is 24.9. The van der Waals surface area contributed by atoms with Crippen molar-refractivity contribution in [2.45, 2.75) is 25.3 Å². The van der Waals surface area contributed by atoms with Gasteiger partial charge in [-0.05, 0) is 42.6 Å². The van der Waals surface area contributed by atoms with Crippen LogP contribution in [0.2, 0.25) is 0 Å². The monoisotopic (exact) mass is 486 g/mol. The number of hydrogen-bond acceptors (Lipinski definition) is 5. The number of hydrogen-bond donors (Lipinski definition) is 4. The van der Waals surface area contributed by atoms with E-state index in [1.807, 2.05) is 0 Å². The van der Waals surface area contributed by atoms with Crippen LogP contribution in [0.25, 0.3) is 16.5 Å². The molecule has 0 bridgehead atoms. The molecule has 2 amide bonds. The van der Waals surface area contributed by atoms with Crippen LogP contribution in [0, 0.1) is 5.82 Å². The topological polar surface area (TPSA) is 99.6 Å². The lowest BCUT2D eigenvalue weighted by Crippen LogP contribution is -2.51. The van der Waals surface area contributed by atoms with Gasteiger partial charge in [0.05, 0.1) is 29.0 Å². The molecule has 2 atom stereocenters. The molecule has 0 aliphatic carbocycles. The number of aromatic nitrogens is 1. The molecule has 8 nitrogen and oxygen atoms in total. The van der Waals surface area contributed by atoms with Gasteiger partial charge in [0.2, 0.25) is 0 Å². The predicted molar refractivity (Wildman–Crippen MR) is 120 cm³/mol. The van der Waals surface area contributed by atoms with E-state index in [-0.39, 0.29) is 22.6 Å². The third-order valence-electron chi connectivity index (χ3n) is 5.74. The minimum absolute atomic E-state index is 0.0599. The van der Waals surface area contributed by atoms with Gasteiger partial charge < -0.3 is 16.0 Å². The Morgan fingerprint density at radius 3 is 2.63 bits per heavy atom. The number of amides is 2. The molecule has 2 aromatic carbocycles. The molecule has 0 saturated carbocycles. The van der Waals surface area contributed by atoms with Gasteiger partial charge in [-0.15, -0.1) is 0 Å². The first kappa shape index (κ1) is 22.4. The number of carbonyl (C=O) groups excluding carboxylic acids is 1. The lowest BCUT2D eigenvalue weighted by molar-refractivity contribution is -0.136. The maximum Gasteiger partial charge on any atom is 0.417 e. The summed E-state index contributed by atoms with van der Waals surface area (Å²) in [5.41, 5.74) is -1.19. The van der Waals surface area contributed by atoms with E-state index >= 15 is 0 Å². The number of pyridine rings is 1. The highest BCUT2D eigenvalue weighted by molar-refractivity contribution is 5.86. The van der Waals surface area contributed by atoms with Gasteiger partial charge in [0.15, 0.2) is 6.17 Å². The molecular weight excluding hydrogens is 468 g/mol. The molecule has 3 aromatic rings. The summed E-state index contributed by atoms with van der Waals surface area (Å²) < 4.78 is 56.3. The molecule has 0 radical (unpaired) electrons. The van der Waals surface area contributed by atoms with Crippen molar-refractivity contribution >= 4 is 23.1 Å². The molecule has 0 fully saturated rings. The summed E-state index contributed by atoms with van der Waals surface area (Å²) in [5, 5.41) is 10.8. The maximum absolute atomic E-state index is 14.1. The Bertz CT molecular complexity index is 1480. The number of rotatable bonds is 4. The number of benzene rings is 2. The van der Waals surface area contributed by atoms with Gasteiger partial charge in [0.25, 0.3) is 5.56 Å². The number of carbonyl (C=O) groups is 1. The van der Waals surface area contributed by atoms with Crippen LogP contribution in [0.1, 0.15) is 24.2 Å². The predicted octanol–water partition coefficient (Wildman–Crippen LogP) is 3.24. The van der Waals surface area contributed by atoms with Crippen LogP contribution in [0.3, 0.4) is 0 Å². The molecule has 5 rings (SSSR count). The summed E-state index contributed by atoms with van der Waals surface area (Å²) in [6.45, 7) is 1.66. The third kappa shape index (κ3) is 3.96. The lowest BCUT2D eigenvalue weighted by atomic mass is 10.0. The molecule has 1 aromatic heterocycles. The Kier molecular flexibility index (Phi) is 5.23. The Hall–Kier alpha value is -4.35. The van der Waals surface area contributed by atoms with Crippen molar-refractivity contribution in [2.24, 2.45) is 4.99 Å². The first-order chi connectivity index (χ1) is 16.6. The molecule has 2 aliphatic heterocycles. The molecule has 12 heteroatoms. The first-order valence-corrected chi connectivity index (χ1v) is 10.5. The smallest absolute Gasteiger partial charge is 0.362 e. The Morgan fingerprint density at radius 1 is 1.11 bits per heavy atom. The first-order valence-electron chi connectivity index (χ1n) is 10.5. The van der Waals surface area contributed by atoms with Crippen molar-refractivity contribution < 1.29 is 22.4 Å². The standard InChI is InChI=1S/C23H18F4N6O2/c1-11(30-20-18-19(29-10-28-18)31-22(35)32-20)16-8-12-4-2-7-15(23(25,26)27)17(12)21(34)33(16)14-6-3-5-13(24)9-14/h2-11,19,30H,1H3,(H,28,29)(H2,31,32,35). The second kappa shape index (κ2) is 8.15. The van der Waals surface area contributed by atoms with Crippen LogP contribution < -0.4 is 26.8 Å². The summed E-state index contributed by atoms with van der Waals surface area (Å²) in [4.78, 5) is 29.7. The number of alkyl halides is 3. The summed E-state index contributed by atoms with van der Waals surface area (Å²) in [6.07, 6.45) is -3.98. The number of aliphatic imine (C=N–C) groups is 1. The van der Waals surface area contributed by atoms with Crippen LogP contribution >= 0.6 is 0 Å². The summed E-state index contributed by atoms with van der Waals surface area (Å²) in [6, 6.07) is 8.72. The zero-order valence-electron chi connectivity index (χ0n) is 18.1. The highest BCUT2D eigenvalue weighted by atomic mass is 19.4. The highest BCUT2D eigenvalue weighted by Gasteiger charge is 2.35. The van der Waals surface area contributed by atoms with Crippen molar-refractivity contribution in [1.29, 1.82) is 0 Å². The second-order valence-electron chi connectivity index (χ2n) is 8.04. The van der Waals surface area contributed by atoms with Crippen molar-refractivity contribution in [1.82, 2.24) is 25.8 Å². The van der Waals surface area contributed by atoms with Crippen LogP contribution in [0.15, 0.2) is 69.8 Å². The Balaban J connectivity index is 1.71. The van der Waals surface area contributed by atoms with Gasteiger partial charge in [-0.3, -0.25) is 14.7 Å². The number of nitrogens with zero attached hydrogens (tertiary/aromatic N) is 2. The van der Waals surface area contributed by atoms with E-state index in [1.54, 1.807) is 6.92 Å². The van der Waals surface area contributed by atoms with E-state index in [9.17, 15) is 27.2 Å². The van der Waals surface area contributed by atoms with Gasteiger partial charge in [-0.2, -0.15) is 13.2 Å². The summed E-state index contributed by atoms with van der Waals surface area (Å²) in [7, 11) is 0. The van der Waals surface area contributed by atoms with Gasteiger partial charge in [-0.25, -0.2) is 14.2 Å². The fourth-order valence-corrected chi connectivity index (χ4v) is 4.22. The maximum atomic E-state index is 14.1. The number of fused-ring (bicyclic) bond motifs is 2. The fourth-order valence-electron chi connectivity index (χ4n) is 4.22. The van der Waals surface area contributed by atoms with E-state index in [2.05, 4.69) is 26.3 Å². The summed E-state index contributed by atoms with van der Waals surface area (Å²) >= 11 is 0. The van der Waals surface area contributed by atoms with Crippen LogP contribution in [0.4, 0.5) is 22.4 Å². The van der Waals surface area contributed by atoms with Gasteiger partial charge in [0, 0.05) is 5.69 Å². The van der Waals surface area contributed by atoms with Crippen LogP contribution in [-0.2, 0) is 6.18 Å². The van der Waals surface area contributed by atoms with E-state index in [0.717, 1.165) is 16.7 Å². The zero-order valence-corrected chi connectivity index (χ0v) is 18.1.